The molecule has 96 valence electrons. The molecule has 2 unspecified atom stereocenters. The molecule has 0 amide bonds. The van der Waals surface area contributed by atoms with E-state index >= 15 is 0 Å². The van der Waals surface area contributed by atoms with Gasteiger partial charge >= 0.3 is 0 Å². The number of ether oxygens (including phenoxy) is 1. The van der Waals surface area contributed by atoms with Crippen LogP contribution >= 0.6 is 0 Å². The van der Waals surface area contributed by atoms with Crippen LogP contribution in [0.2, 0.25) is 0 Å². The predicted octanol–water partition coefficient (Wildman–Crippen LogP) is 4.66. The summed E-state index contributed by atoms with van der Waals surface area (Å²) in [7, 11) is 0. The largest absolute Gasteiger partial charge is 0.366 e. The van der Waals surface area contributed by atoms with E-state index in [4.69, 9.17) is 4.74 Å². The standard InChI is InChI=1S/C16H26O/c1-6-12-17-16(14(5)7-2)11-9-8-10-15(16)13(3)4/h6-7,15H,1,3,8-12H2,2,4-5H3/b14-7+. The molecule has 1 aliphatic carbocycles. The van der Waals surface area contributed by atoms with Gasteiger partial charge in [-0.15, -0.1) is 6.58 Å². The first-order chi connectivity index (χ1) is 8.08. The van der Waals surface area contributed by atoms with Crippen molar-refractivity contribution in [3.63, 3.8) is 0 Å². The van der Waals surface area contributed by atoms with Crippen molar-refractivity contribution < 1.29 is 4.74 Å². The van der Waals surface area contributed by atoms with Crippen LogP contribution in [0.1, 0.15) is 46.5 Å². The molecule has 1 rings (SSSR count). The highest BCUT2D eigenvalue weighted by Crippen LogP contribution is 2.45. The molecule has 0 aromatic rings. The second-order valence-electron chi connectivity index (χ2n) is 5.11. The first-order valence-electron chi connectivity index (χ1n) is 6.62. The lowest BCUT2D eigenvalue weighted by Gasteiger charge is -2.45. The Morgan fingerprint density at radius 2 is 2.12 bits per heavy atom. The van der Waals surface area contributed by atoms with Gasteiger partial charge in [0, 0.05) is 5.92 Å². The van der Waals surface area contributed by atoms with Crippen molar-refractivity contribution in [2.75, 3.05) is 6.61 Å². The van der Waals surface area contributed by atoms with E-state index < -0.39 is 0 Å². The van der Waals surface area contributed by atoms with Crippen LogP contribution < -0.4 is 0 Å². The Bertz CT molecular complexity index is 313. The van der Waals surface area contributed by atoms with E-state index in [1.165, 1.54) is 30.4 Å². The van der Waals surface area contributed by atoms with Gasteiger partial charge in [-0.1, -0.05) is 37.1 Å². The van der Waals surface area contributed by atoms with Gasteiger partial charge in [-0.3, -0.25) is 0 Å². The Balaban J connectivity index is 3.07. The number of hydrogen-bond donors (Lipinski definition) is 0. The Morgan fingerprint density at radius 3 is 2.65 bits per heavy atom. The van der Waals surface area contributed by atoms with E-state index in [0.717, 1.165) is 6.42 Å². The lowest BCUT2D eigenvalue weighted by atomic mass is 9.68. The number of allylic oxidation sites excluding steroid dienone is 1. The number of rotatable bonds is 5. The monoisotopic (exact) mass is 234 g/mol. The minimum atomic E-state index is -0.132. The summed E-state index contributed by atoms with van der Waals surface area (Å²) in [4.78, 5) is 0. The molecule has 1 saturated carbocycles. The quantitative estimate of drug-likeness (QED) is 0.629. The number of hydrogen-bond acceptors (Lipinski definition) is 1. The van der Waals surface area contributed by atoms with Crippen molar-refractivity contribution in [1.82, 2.24) is 0 Å². The smallest absolute Gasteiger partial charge is 0.0957 e. The van der Waals surface area contributed by atoms with Gasteiger partial charge in [0.05, 0.1) is 12.2 Å². The highest BCUT2D eigenvalue weighted by atomic mass is 16.5. The van der Waals surface area contributed by atoms with Crippen LogP contribution in [-0.4, -0.2) is 12.2 Å². The lowest BCUT2D eigenvalue weighted by Crippen LogP contribution is -2.45. The molecule has 0 aromatic carbocycles. The third kappa shape index (κ3) is 2.90. The molecular weight excluding hydrogens is 208 g/mol. The van der Waals surface area contributed by atoms with Gasteiger partial charge in [0.1, 0.15) is 0 Å². The maximum absolute atomic E-state index is 6.20. The van der Waals surface area contributed by atoms with Gasteiger partial charge in [-0.25, -0.2) is 0 Å². The van der Waals surface area contributed by atoms with E-state index in [1.54, 1.807) is 0 Å². The third-order valence-electron chi connectivity index (χ3n) is 4.01. The molecule has 0 bridgehead atoms. The first kappa shape index (κ1) is 14.2. The Morgan fingerprint density at radius 1 is 1.41 bits per heavy atom. The summed E-state index contributed by atoms with van der Waals surface area (Å²) in [5.41, 5.74) is 2.45. The summed E-state index contributed by atoms with van der Waals surface area (Å²) in [5.74, 6) is 0.451. The Kier molecular flexibility index (Phi) is 5.20. The van der Waals surface area contributed by atoms with Crippen molar-refractivity contribution in [2.45, 2.75) is 52.1 Å². The zero-order valence-electron chi connectivity index (χ0n) is 11.6. The van der Waals surface area contributed by atoms with Crippen molar-refractivity contribution in [1.29, 1.82) is 0 Å². The van der Waals surface area contributed by atoms with Crippen LogP contribution in [0.15, 0.2) is 36.5 Å². The Hall–Kier alpha value is -0.820. The van der Waals surface area contributed by atoms with Crippen LogP contribution in [0.3, 0.4) is 0 Å². The van der Waals surface area contributed by atoms with Gasteiger partial charge in [0.15, 0.2) is 0 Å². The van der Waals surface area contributed by atoms with Crippen molar-refractivity contribution in [3.8, 4) is 0 Å². The summed E-state index contributed by atoms with van der Waals surface area (Å²) >= 11 is 0. The summed E-state index contributed by atoms with van der Waals surface area (Å²) in [6.45, 7) is 15.0. The normalized spacial score (nSPS) is 30.1. The fourth-order valence-corrected chi connectivity index (χ4v) is 3.00. The molecule has 0 heterocycles. The summed E-state index contributed by atoms with van der Waals surface area (Å²) in [5, 5.41) is 0. The average Bonchev–Trinajstić information content (AvgIpc) is 2.35. The average molecular weight is 234 g/mol. The summed E-state index contributed by atoms with van der Waals surface area (Å²) in [6.07, 6.45) is 8.85. The van der Waals surface area contributed by atoms with E-state index in [2.05, 4.69) is 40.0 Å². The van der Waals surface area contributed by atoms with E-state index in [9.17, 15) is 0 Å². The molecule has 0 N–H and O–H groups in total. The zero-order chi connectivity index (χ0) is 12.9. The molecule has 1 fully saturated rings. The fraction of sp³-hybridized carbons (Fsp3) is 0.625. The van der Waals surface area contributed by atoms with Crippen LogP contribution in [0.4, 0.5) is 0 Å². The van der Waals surface area contributed by atoms with E-state index in [-0.39, 0.29) is 5.60 Å². The molecule has 0 spiro atoms. The van der Waals surface area contributed by atoms with Crippen molar-refractivity contribution in [2.24, 2.45) is 5.92 Å². The second kappa shape index (κ2) is 6.20. The molecule has 0 aliphatic heterocycles. The van der Waals surface area contributed by atoms with Crippen molar-refractivity contribution >= 4 is 0 Å². The SMILES string of the molecule is C=CCOC1(/C(C)=C/C)CCCCC1C(=C)C. The van der Waals surface area contributed by atoms with Gasteiger partial charge in [0.2, 0.25) is 0 Å². The van der Waals surface area contributed by atoms with Crippen molar-refractivity contribution in [3.05, 3.63) is 36.5 Å². The molecule has 17 heavy (non-hydrogen) atoms. The van der Waals surface area contributed by atoms with Crippen LogP contribution in [0, 0.1) is 5.92 Å². The maximum atomic E-state index is 6.20. The molecule has 0 aromatic heterocycles. The molecule has 0 saturated heterocycles. The van der Waals surface area contributed by atoms with Gasteiger partial charge in [-0.2, -0.15) is 0 Å². The molecular formula is C16H26O. The van der Waals surface area contributed by atoms with Crippen LogP contribution in [0.25, 0.3) is 0 Å². The summed E-state index contributed by atoms with van der Waals surface area (Å²) < 4.78 is 6.20. The predicted molar refractivity (Wildman–Crippen MR) is 75.1 cm³/mol. The van der Waals surface area contributed by atoms with E-state index in [1.807, 2.05) is 6.08 Å². The lowest BCUT2D eigenvalue weighted by molar-refractivity contribution is -0.0582. The minimum Gasteiger partial charge on any atom is -0.366 e. The van der Waals surface area contributed by atoms with Gasteiger partial charge in [-0.05, 0) is 39.2 Å². The third-order valence-corrected chi connectivity index (χ3v) is 4.01. The summed E-state index contributed by atoms with van der Waals surface area (Å²) in [6, 6.07) is 0. The highest BCUT2D eigenvalue weighted by Gasteiger charge is 2.42. The Labute approximate surface area is 106 Å². The van der Waals surface area contributed by atoms with Gasteiger partial charge in [0.25, 0.3) is 0 Å². The maximum Gasteiger partial charge on any atom is 0.0957 e. The molecule has 0 radical (unpaired) electrons. The zero-order valence-corrected chi connectivity index (χ0v) is 11.6. The molecule has 2 atom stereocenters. The highest BCUT2D eigenvalue weighted by molar-refractivity contribution is 5.23. The van der Waals surface area contributed by atoms with Crippen LogP contribution in [-0.2, 0) is 4.74 Å². The van der Waals surface area contributed by atoms with Gasteiger partial charge < -0.3 is 4.74 Å². The second-order valence-corrected chi connectivity index (χ2v) is 5.11. The minimum absolute atomic E-state index is 0.132. The van der Waals surface area contributed by atoms with Crippen LogP contribution in [0.5, 0.6) is 0 Å². The first-order valence-corrected chi connectivity index (χ1v) is 6.62. The molecule has 1 aliphatic rings. The van der Waals surface area contributed by atoms with E-state index in [0.29, 0.717) is 12.5 Å². The fourth-order valence-electron chi connectivity index (χ4n) is 3.00. The molecule has 1 heteroatoms. The molecule has 1 nitrogen and oxygen atoms in total. The topological polar surface area (TPSA) is 9.23 Å².